The van der Waals surface area contributed by atoms with Crippen LogP contribution in [0.25, 0.3) is 0 Å². The van der Waals surface area contributed by atoms with E-state index in [2.05, 4.69) is 6.58 Å². The molecule has 0 saturated heterocycles. The highest BCUT2D eigenvalue weighted by atomic mass is 16.4. The zero-order chi connectivity index (χ0) is 21.6. The first-order valence-electron chi connectivity index (χ1n) is 8.38. The van der Waals surface area contributed by atoms with E-state index in [0.717, 1.165) is 17.7 Å². The molecule has 1 aliphatic carbocycles. The monoisotopic (exact) mass is 394 g/mol. The van der Waals surface area contributed by atoms with Crippen LogP contribution >= 0.6 is 0 Å². The van der Waals surface area contributed by atoms with Crippen molar-refractivity contribution in [1.29, 1.82) is 0 Å². The minimum absolute atomic E-state index is 0.127. The van der Waals surface area contributed by atoms with Gasteiger partial charge in [0.2, 0.25) is 0 Å². The Morgan fingerprint density at radius 1 is 0.966 bits per heavy atom. The normalized spacial score (nSPS) is 13.7. The predicted octanol–water partition coefficient (Wildman–Crippen LogP) is 3.09. The van der Waals surface area contributed by atoms with E-state index in [-0.39, 0.29) is 23.0 Å². The fourth-order valence-electron chi connectivity index (χ4n) is 2.60. The first-order chi connectivity index (χ1) is 13.7. The van der Waals surface area contributed by atoms with E-state index in [0.29, 0.717) is 5.57 Å². The number of carboxylic acids is 1. The molecule has 7 heteroatoms. The Labute approximate surface area is 166 Å². The summed E-state index contributed by atoms with van der Waals surface area (Å²) in [6.45, 7) is 3.74. The molecule has 0 aliphatic heterocycles. The number of carbonyl (C=O) groups excluding carboxylic acids is 2. The van der Waals surface area contributed by atoms with Gasteiger partial charge in [-0.3, -0.25) is 9.59 Å². The van der Waals surface area contributed by atoms with Crippen LogP contribution < -0.4 is 0 Å². The van der Waals surface area contributed by atoms with Gasteiger partial charge in [0.15, 0.2) is 28.8 Å². The molecular formula is C22H18O7. The second-order valence-corrected chi connectivity index (χ2v) is 5.99. The zero-order valence-electron chi connectivity index (χ0n) is 15.1. The van der Waals surface area contributed by atoms with Crippen molar-refractivity contribution in [3.63, 3.8) is 0 Å². The fraction of sp³-hybridized carbons (Fsp3) is 0.0455. The lowest BCUT2D eigenvalue weighted by atomic mass is 9.86. The average molecular weight is 394 g/mol. The Kier molecular flexibility index (Phi) is 6.71. The fourth-order valence-corrected chi connectivity index (χ4v) is 2.60. The van der Waals surface area contributed by atoms with Gasteiger partial charge >= 0.3 is 5.97 Å². The first kappa shape index (κ1) is 21.2. The molecule has 0 amide bonds. The number of aromatic hydroxyl groups is 3. The SMILES string of the molecule is C=CC(C1=CC(=O)C=CC1=O)c1ccccc1.O=C(O)c1cc(O)c(O)c(O)c1. The molecule has 29 heavy (non-hydrogen) atoms. The van der Waals surface area contributed by atoms with Crippen molar-refractivity contribution in [2.75, 3.05) is 0 Å². The van der Waals surface area contributed by atoms with Crippen LogP contribution in [0.4, 0.5) is 0 Å². The molecule has 0 aromatic heterocycles. The number of phenols is 3. The molecule has 4 N–H and O–H groups in total. The number of phenolic OH excluding ortho intramolecular Hbond substituents is 3. The summed E-state index contributed by atoms with van der Waals surface area (Å²) in [5.74, 6) is -3.83. The number of rotatable bonds is 4. The van der Waals surface area contributed by atoms with E-state index < -0.39 is 23.2 Å². The highest BCUT2D eigenvalue weighted by molar-refractivity contribution is 6.18. The highest BCUT2D eigenvalue weighted by Crippen LogP contribution is 2.35. The third-order valence-corrected chi connectivity index (χ3v) is 4.03. The summed E-state index contributed by atoms with van der Waals surface area (Å²) in [7, 11) is 0. The molecule has 1 aliphatic rings. The summed E-state index contributed by atoms with van der Waals surface area (Å²) in [6.07, 6.45) is 5.68. The lowest BCUT2D eigenvalue weighted by molar-refractivity contribution is -0.114. The summed E-state index contributed by atoms with van der Waals surface area (Å²) < 4.78 is 0. The molecule has 2 aromatic rings. The standard InChI is InChI=1S/C15H12O2.C7H6O5/c1-2-13(11-6-4-3-5-7-11)14-10-12(16)8-9-15(14)17;8-4-1-3(7(11)12)2-5(9)6(4)10/h2-10,13H,1H2;1-2,8-10H,(H,11,12). The number of allylic oxidation sites excluding steroid dienone is 5. The second-order valence-electron chi connectivity index (χ2n) is 5.99. The molecule has 7 nitrogen and oxygen atoms in total. The van der Waals surface area contributed by atoms with Crippen molar-refractivity contribution in [2.24, 2.45) is 0 Å². The maximum atomic E-state index is 11.8. The third-order valence-electron chi connectivity index (χ3n) is 4.03. The van der Waals surface area contributed by atoms with Crippen LogP contribution in [0.2, 0.25) is 0 Å². The van der Waals surface area contributed by atoms with Crippen molar-refractivity contribution in [3.8, 4) is 17.2 Å². The molecular weight excluding hydrogens is 376 g/mol. The van der Waals surface area contributed by atoms with E-state index in [1.165, 1.54) is 18.2 Å². The molecule has 0 radical (unpaired) electrons. The van der Waals surface area contributed by atoms with Crippen molar-refractivity contribution < 1.29 is 34.8 Å². The van der Waals surface area contributed by atoms with Crippen LogP contribution in [0, 0.1) is 0 Å². The van der Waals surface area contributed by atoms with Gasteiger partial charge in [-0.25, -0.2) is 4.79 Å². The summed E-state index contributed by atoms with van der Waals surface area (Å²) >= 11 is 0. The predicted molar refractivity (Wildman–Crippen MR) is 105 cm³/mol. The van der Waals surface area contributed by atoms with Crippen molar-refractivity contribution in [1.82, 2.24) is 0 Å². The van der Waals surface area contributed by atoms with Gasteiger partial charge in [-0.15, -0.1) is 6.58 Å². The average Bonchev–Trinajstić information content (AvgIpc) is 2.70. The molecule has 0 bridgehead atoms. The van der Waals surface area contributed by atoms with E-state index in [4.69, 9.17) is 20.4 Å². The zero-order valence-corrected chi connectivity index (χ0v) is 15.1. The Morgan fingerprint density at radius 3 is 2.07 bits per heavy atom. The maximum Gasteiger partial charge on any atom is 0.335 e. The van der Waals surface area contributed by atoms with Gasteiger partial charge in [0.05, 0.1) is 5.56 Å². The smallest absolute Gasteiger partial charge is 0.335 e. The van der Waals surface area contributed by atoms with E-state index >= 15 is 0 Å². The quantitative estimate of drug-likeness (QED) is 0.356. The summed E-state index contributed by atoms with van der Waals surface area (Å²) in [4.78, 5) is 33.4. The first-order valence-corrected chi connectivity index (χ1v) is 8.38. The summed E-state index contributed by atoms with van der Waals surface area (Å²) in [6, 6.07) is 11.2. The van der Waals surface area contributed by atoms with Crippen LogP contribution in [0.5, 0.6) is 17.2 Å². The van der Waals surface area contributed by atoms with Gasteiger partial charge in [0.25, 0.3) is 0 Å². The van der Waals surface area contributed by atoms with Gasteiger partial charge < -0.3 is 20.4 Å². The maximum absolute atomic E-state index is 11.8. The number of benzene rings is 2. The number of ketones is 2. The highest BCUT2D eigenvalue weighted by Gasteiger charge is 2.21. The molecule has 0 heterocycles. The summed E-state index contributed by atoms with van der Waals surface area (Å²) in [5.41, 5.74) is 1.16. The van der Waals surface area contributed by atoms with Crippen LogP contribution in [0.15, 0.2) is 78.9 Å². The molecule has 1 atom stereocenters. The van der Waals surface area contributed by atoms with E-state index in [9.17, 15) is 14.4 Å². The van der Waals surface area contributed by atoms with Crippen molar-refractivity contribution in [2.45, 2.75) is 5.92 Å². The molecule has 2 aromatic carbocycles. The Bertz CT molecular complexity index is 994. The largest absolute Gasteiger partial charge is 0.504 e. The summed E-state index contributed by atoms with van der Waals surface area (Å²) in [5, 5.41) is 35.0. The Balaban J connectivity index is 0.000000221. The number of aromatic carboxylic acids is 1. The van der Waals surface area contributed by atoms with Crippen LogP contribution in [0.3, 0.4) is 0 Å². The van der Waals surface area contributed by atoms with Crippen molar-refractivity contribution >= 4 is 17.5 Å². The Morgan fingerprint density at radius 2 is 1.55 bits per heavy atom. The van der Waals surface area contributed by atoms with Gasteiger partial charge in [-0.1, -0.05) is 36.4 Å². The molecule has 0 spiro atoms. The van der Waals surface area contributed by atoms with Gasteiger partial charge in [0, 0.05) is 11.5 Å². The van der Waals surface area contributed by atoms with Gasteiger partial charge in [-0.05, 0) is 35.9 Å². The topological polar surface area (TPSA) is 132 Å². The van der Waals surface area contributed by atoms with Crippen LogP contribution in [-0.4, -0.2) is 38.0 Å². The minimum Gasteiger partial charge on any atom is -0.504 e. The molecule has 148 valence electrons. The van der Waals surface area contributed by atoms with E-state index in [1.54, 1.807) is 6.08 Å². The van der Waals surface area contributed by atoms with Crippen molar-refractivity contribution in [3.05, 3.63) is 90.0 Å². The number of hydrogen-bond donors (Lipinski definition) is 4. The molecule has 1 unspecified atom stereocenters. The second kappa shape index (κ2) is 9.18. The van der Waals surface area contributed by atoms with Gasteiger partial charge in [0.1, 0.15) is 0 Å². The lowest BCUT2D eigenvalue weighted by Gasteiger charge is -2.16. The lowest BCUT2D eigenvalue weighted by Crippen LogP contribution is -2.13. The third kappa shape index (κ3) is 5.20. The minimum atomic E-state index is -1.29. The molecule has 3 rings (SSSR count). The Hall–Kier alpha value is -4.13. The number of carbonyl (C=O) groups is 3. The van der Waals surface area contributed by atoms with E-state index in [1.807, 2.05) is 30.3 Å². The molecule has 0 saturated carbocycles. The number of carboxylic acid groups (broad SMARTS) is 1. The van der Waals surface area contributed by atoms with Gasteiger partial charge in [-0.2, -0.15) is 0 Å². The molecule has 0 fully saturated rings. The number of hydrogen-bond acceptors (Lipinski definition) is 6. The van der Waals surface area contributed by atoms with Crippen LogP contribution in [-0.2, 0) is 9.59 Å². The van der Waals surface area contributed by atoms with Crippen LogP contribution in [0.1, 0.15) is 21.8 Å².